The van der Waals surface area contributed by atoms with E-state index >= 15 is 0 Å². The van der Waals surface area contributed by atoms with Gasteiger partial charge in [0.15, 0.2) is 0 Å². The maximum atomic E-state index is 13.8. The normalized spacial score (nSPS) is 11.3. The van der Waals surface area contributed by atoms with Gasteiger partial charge in [0.25, 0.3) is 10.0 Å². The predicted octanol–water partition coefficient (Wildman–Crippen LogP) is 4.72. The first-order valence-electron chi connectivity index (χ1n) is 9.25. The third kappa shape index (κ3) is 4.38. The van der Waals surface area contributed by atoms with Gasteiger partial charge in [0.1, 0.15) is 11.5 Å². The minimum atomic E-state index is -3.83. The van der Waals surface area contributed by atoms with E-state index in [1.54, 1.807) is 55.6 Å². The van der Waals surface area contributed by atoms with Crippen molar-refractivity contribution in [3.8, 4) is 11.5 Å². The number of methoxy groups -OCH3 is 1. The molecule has 3 rings (SSSR count). The Bertz CT molecular complexity index is 1080. The fraction of sp³-hybridized carbons (Fsp3) is 0.217. The maximum absolute atomic E-state index is 13.8. The first-order valence-corrected chi connectivity index (χ1v) is 10.7. The van der Waals surface area contributed by atoms with Crippen LogP contribution in [0, 0.1) is 20.8 Å². The van der Waals surface area contributed by atoms with Crippen LogP contribution in [0.5, 0.6) is 11.5 Å². The zero-order chi connectivity index (χ0) is 21.2. The summed E-state index contributed by atoms with van der Waals surface area (Å²) in [6.45, 7) is 5.73. The average molecular weight is 412 g/mol. The molecule has 0 radical (unpaired) electrons. The number of benzene rings is 3. The van der Waals surface area contributed by atoms with E-state index in [0.29, 0.717) is 27.5 Å². The van der Waals surface area contributed by atoms with Crippen LogP contribution in [0.3, 0.4) is 0 Å². The van der Waals surface area contributed by atoms with Gasteiger partial charge < -0.3 is 9.84 Å². The van der Waals surface area contributed by atoms with Crippen LogP contribution in [-0.2, 0) is 16.6 Å². The molecule has 0 aromatic heterocycles. The van der Waals surface area contributed by atoms with E-state index in [1.807, 2.05) is 32.9 Å². The average Bonchev–Trinajstić information content (AvgIpc) is 2.66. The molecule has 1 N–H and O–H groups in total. The minimum absolute atomic E-state index is 0.137. The van der Waals surface area contributed by atoms with Crippen LogP contribution >= 0.6 is 0 Å². The molecule has 0 aliphatic heterocycles. The van der Waals surface area contributed by atoms with Gasteiger partial charge in [-0.15, -0.1) is 0 Å². The Balaban J connectivity index is 2.14. The summed E-state index contributed by atoms with van der Waals surface area (Å²) >= 11 is 0. The second-order valence-corrected chi connectivity index (χ2v) is 8.90. The molecule has 0 aliphatic carbocycles. The molecule has 6 heteroatoms. The van der Waals surface area contributed by atoms with E-state index in [4.69, 9.17) is 4.74 Å². The monoisotopic (exact) mass is 411 g/mol. The summed E-state index contributed by atoms with van der Waals surface area (Å²) < 4.78 is 34.1. The van der Waals surface area contributed by atoms with Crippen molar-refractivity contribution in [3.05, 3.63) is 82.9 Å². The summed E-state index contributed by atoms with van der Waals surface area (Å²) in [7, 11) is -2.26. The second kappa shape index (κ2) is 8.17. The Morgan fingerprint density at radius 1 is 0.897 bits per heavy atom. The molecule has 0 unspecified atom stereocenters. The van der Waals surface area contributed by atoms with Gasteiger partial charge >= 0.3 is 0 Å². The SMILES string of the molecule is COc1ccc(N(Cc2ccc(O)cc2)S(=O)(=O)c2c(C)cc(C)cc2C)cc1. The van der Waals surface area contributed by atoms with E-state index in [1.165, 1.54) is 4.31 Å². The summed E-state index contributed by atoms with van der Waals surface area (Å²) in [5.41, 5.74) is 3.76. The molecule has 0 spiro atoms. The molecule has 3 aromatic carbocycles. The lowest BCUT2D eigenvalue weighted by Crippen LogP contribution is -2.31. The quantitative estimate of drug-likeness (QED) is 0.637. The van der Waals surface area contributed by atoms with Crippen LogP contribution in [0.25, 0.3) is 0 Å². The van der Waals surface area contributed by atoms with Gasteiger partial charge in [-0.2, -0.15) is 0 Å². The number of nitrogens with zero attached hydrogens (tertiary/aromatic N) is 1. The standard InChI is InChI=1S/C23H25NO4S/c1-16-13-17(2)23(18(3)14-16)29(26,27)24(15-19-5-9-21(25)10-6-19)20-7-11-22(28-4)12-8-20/h5-14,25H,15H2,1-4H3. The smallest absolute Gasteiger partial charge is 0.265 e. The number of aromatic hydroxyl groups is 1. The van der Waals surface area contributed by atoms with Crippen LogP contribution in [-0.4, -0.2) is 20.6 Å². The molecule has 0 aliphatic rings. The van der Waals surface area contributed by atoms with Crippen molar-refractivity contribution >= 4 is 15.7 Å². The lowest BCUT2D eigenvalue weighted by Gasteiger charge is -2.27. The summed E-state index contributed by atoms with van der Waals surface area (Å²) in [5.74, 6) is 0.788. The van der Waals surface area contributed by atoms with Gasteiger partial charge in [0.05, 0.1) is 24.2 Å². The highest BCUT2D eigenvalue weighted by Crippen LogP contribution is 2.31. The molecule has 0 amide bonds. The molecule has 152 valence electrons. The second-order valence-electron chi connectivity index (χ2n) is 7.10. The number of hydrogen-bond donors (Lipinski definition) is 1. The van der Waals surface area contributed by atoms with Crippen LogP contribution in [0.2, 0.25) is 0 Å². The molecule has 0 atom stereocenters. The lowest BCUT2D eigenvalue weighted by molar-refractivity contribution is 0.415. The highest BCUT2D eigenvalue weighted by atomic mass is 32.2. The number of aryl methyl sites for hydroxylation is 3. The molecule has 0 fully saturated rings. The molecule has 0 saturated heterocycles. The number of rotatable bonds is 6. The van der Waals surface area contributed by atoms with Crippen molar-refractivity contribution in [1.29, 1.82) is 0 Å². The Hall–Kier alpha value is -2.99. The van der Waals surface area contributed by atoms with E-state index in [2.05, 4.69) is 0 Å². The number of phenolic OH excluding ortho intramolecular Hbond substituents is 1. The Morgan fingerprint density at radius 3 is 1.97 bits per heavy atom. The van der Waals surface area contributed by atoms with Gasteiger partial charge in [0, 0.05) is 0 Å². The summed E-state index contributed by atoms with van der Waals surface area (Å²) in [6, 6.07) is 17.2. The predicted molar refractivity (Wildman–Crippen MR) is 115 cm³/mol. The molecule has 5 nitrogen and oxygen atoms in total. The number of hydrogen-bond acceptors (Lipinski definition) is 4. The van der Waals surface area contributed by atoms with Crippen molar-refractivity contribution in [2.24, 2.45) is 0 Å². The first-order chi connectivity index (χ1) is 13.7. The molecule has 0 heterocycles. The largest absolute Gasteiger partial charge is 0.508 e. The molecular formula is C23H25NO4S. The Morgan fingerprint density at radius 2 is 1.45 bits per heavy atom. The van der Waals surface area contributed by atoms with E-state index in [-0.39, 0.29) is 12.3 Å². The van der Waals surface area contributed by atoms with Crippen molar-refractivity contribution in [3.63, 3.8) is 0 Å². The van der Waals surface area contributed by atoms with Gasteiger partial charge in [-0.25, -0.2) is 8.42 Å². The Kier molecular flexibility index (Phi) is 5.84. The lowest BCUT2D eigenvalue weighted by atomic mass is 10.1. The number of ether oxygens (including phenoxy) is 1. The third-order valence-corrected chi connectivity index (χ3v) is 6.86. The number of phenols is 1. The van der Waals surface area contributed by atoms with Crippen molar-refractivity contribution in [2.45, 2.75) is 32.2 Å². The highest BCUT2D eigenvalue weighted by molar-refractivity contribution is 7.92. The zero-order valence-corrected chi connectivity index (χ0v) is 17.8. The first kappa shape index (κ1) is 20.7. The number of sulfonamides is 1. The number of anilines is 1. The van der Waals surface area contributed by atoms with Crippen molar-refractivity contribution in [1.82, 2.24) is 0 Å². The van der Waals surface area contributed by atoms with Gasteiger partial charge in [-0.1, -0.05) is 29.8 Å². The van der Waals surface area contributed by atoms with E-state index < -0.39 is 10.0 Å². The molecule has 3 aromatic rings. The Labute approximate surface area is 172 Å². The van der Waals surface area contributed by atoms with Crippen LogP contribution in [0.1, 0.15) is 22.3 Å². The van der Waals surface area contributed by atoms with Gasteiger partial charge in [-0.05, 0) is 73.9 Å². The minimum Gasteiger partial charge on any atom is -0.508 e. The summed E-state index contributed by atoms with van der Waals surface area (Å²) in [4.78, 5) is 0.317. The van der Waals surface area contributed by atoms with Crippen molar-refractivity contribution in [2.75, 3.05) is 11.4 Å². The van der Waals surface area contributed by atoms with Gasteiger partial charge in [0.2, 0.25) is 0 Å². The molecule has 0 bridgehead atoms. The summed E-state index contributed by atoms with van der Waals surface area (Å²) in [5, 5.41) is 9.56. The molecule has 0 saturated carbocycles. The van der Waals surface area contributed by atoms with Gasteiger partial charge in [-0.3, -0.25) is 4.31 Å². The van der Waals surface area contributed by atoms with E-state index in [9.17, 15) is 13.5 Å². The van der Waals surface area contributed by atoms with Crippen LogP contribution in [0.15, 0.2) is 65.6 Å². The molecular weight excluding hydrogens is 386 g/mol. The summed E-state index contributed by atoms with van der Waals surface area (Å²) in [6.07, 6.45) is 0. The van der Waals surface area contributed by atoms with Crippen LogP contribution < -0.4 is 9.04 Å². The fourth-order valence-corrected chi connectivity index (χ4v) is 5.38. The van der Waals surface area contributed by atoms with Crippen molar-refractivity contribution < 1.29 is 18.3 Å². The molecule has 29 heavy (non-hydrogen) atoms. The third-order valence-electron chi connectivity index (χ3n) is 4.78. The topological polar surface area (TPSA) is 66.8 Å². The van der Waals surface area contributed by atoms with Crippen LogP contribution in [0.4, 0.5) is 5.69 Å². The van der Waals surface area contributed by atoms with E-state index in [0.717, 1.165) is 11.1 Å². The maximum Gasteiger partial charge on any atom is 0.265 e. The highest BCUT2D eigenvalue weighted by Gasteiger charge is 2.28. The fourth-order valence-electron chi connectivity index (χ4n) is 3.51. The zero-order valence-electron chi connectivity index (χ0n) is 17.0.